The van der Waals surface area contributed by atoms with Gasteiger partial charge in [0.15, 0.2) is 5.78 Å². The van der Waals surface area contributed by atoms with E-state index in [9.17, 15) is 4.79 Å². The zero-order chi connectivity index (χ0) is 13.9. The third kappa shape index (κ3) is 2.81. The van der Waals surface area contributed by atoms with Crippen molar-refractivity contribution in [3.8, 4) is 5.75 Å². The summed E-state index contributed by atoms with van der Waals surface area (Å²) in [5.74, 6) is 1.32. The second kappa shape index (κ2) is 5.74. The monoisotopic (exact) mass is 262 g/mol. The second-order valence-electron chi connectivity index (χ2n) is 5.46. The summed E-state index contributed by atoms with van der Waals surface area (Å²) in [6.07, 6.45) is 3.84. The maximum Gasteiger partial charge on any atom is 0.194 e. The molecule has 0 aliphatic heterocycles. The van der Waals surface area contributed by atoms with Crippen molar-refractivity contribution in [2.45, 2.75) is 38.2 Å². The molecule has 19 heavy (non-hydrogen) atoms. The summed E-state index contributed by atoms with van der Waals surface area (Å²) in [4.78, 5) is 12.8. The van der Waals surface area contributed by atoms with Gasteiger partial charge in [0.2, 0.25) is 0 Å². The zero-order valence-corrected chi connectivity index (χ0v) is 11.9. The van der Waals surface area contributed by atoms with E-state index in [0.717, 1.165) is 19.3 Å². The van der Waals surface area contributed by atoms with E-state index in [1.165, 1.54) is 6.42 Å². The van der Waals surface area contributed by atoms with E-state index in [4.69, 9.17) is 9.47 Å². The van der Waals surface area contributed by atoms with Crippen molar-refractivity contribution < 1.29 is 14.3 Å². The standard InChI is InChI=1S/C16H22O3/c1-12-6-5-9-16(11-12,19-3)15(17)13-7-4-8-14(10-13)18-2/h4,7-8,10,12H,5-6,9,11H2,1-3H3. The Labute approximate surface area is 114 Å². The van der Waals surface area contributed by atoms with E-state index in [-0.39, 0.29) is 5.78 Å². The first kappa shape index (κ1) is 14.1. The number of carbonyl (C=O) groups excluding carboxylic acids is 1. The molecule has 0 heterocycles. The highest BCUT2D eigenvalue weighted by atomic mass is 16.5. The minimum absolute atomic E-state index is 0.0838. The number of rotatable bonds is 4. The number of hydrogen-bond acceptors (Lipinski definition) is 3. The smallest absolute Gasteiger partial charge is 0.194 e. The quantitative estimate of drug-likeness (QED) is 0.779. The van der Waals surface area contributed by atoms with Gasteiger partial charge < -0.3 is 9.47 Å². The van der Waals surface area contributed by atoms with Crippen molar-refractivity contribution in [1.29, 1.82) is 0 Å². The van der Waals surface area contributed by atoms with E-state index in [1.54, 1.807) is 20.3 Å². The summed E-state index contributed by atoms with van der Waals surface area (Å²) < 4.78 is 10.8. The minimum Gasteiger partial charge on any atom is -0.497 e. The number of benzene rings is 1. The van der Waals surface area contributed by atoms with Gasteiger partial charge in [-0.25, -0.2) is 0 Å². The molecular weight excluding hydrogens is 240 g/mol. The number of hydrogen-bond donors (Lipinski definition) is 0. The molecule has 0 spiro atoms. The van der Waals surface area contributed by atoms with Gasteiger partial charge in [-0.2, -0.15) is 0 Å². The van der Waals surface area contributed by atoms with Gasteiger partial charge in [-0.1, -0.05) is 25.5 Å². The Bertz CT molecular complexity index is 455. The predicted octanol–water partition coefficient (Wildman–Crippen LogP) is 3.47. The molecule has 0 amide bonds. The van der Waals surface area contributed by atoms with Crippen LogP contribution in [0.1, 0.15) is 43.0 Å². The van der Waals surface area contributed by atoms with Gasteiger partial charge in [0.25, 0.3) is 0 Å². The molecule has 0 saturated heterocycles. The van der Waals surface area contributed by atoms with E-state index in [0.29, 0.717) is 17.2 Å². The highest BCUT2D eigenvalue weighted by molar-refractivity contribution is 6.02. The van der Waals surface area contributed by atoms with Crippen LogP contribution in [0.3, 0.4) is 0 Å². The van der Waals surface area contributed by atoms with Crippen LogP contribution in [0.25, 0.3) is 0 Å². The Hall–Kier alpha value is -1.35. The maximum atomic E-state index is 12.8. The van der Waals surface area contributed by atoms with Crippen molar-refractivity contribution in [1.82, 2.24) is 0 Å². The van der Waals surface area contributed by atoms with E-state index in [1.807, 2.05) is 18.2 Å². The molecule has 104 valence electrons. The molecule has 2 rings (SSSR count). The zero-order valence-electron chi connectivity index (χ0n) is 11.9. The Balaban J connectivity index is 2.29. The van der Waals surface area contributed by atoms with Crippen molar-refractivity contribution in [2.75, 3.05) is 14.2 Å². The molecule has 1 aliphatic carbocycles. The van der Waals surface area contributed by atoms with Crippen LogP contribution in [0.4, 0.5) is 0 Å². The van der Waals surface area contributed by atoms with Crippen LogP contribution < -0.4 is 4.74 Å². The van der Waals surface area contributed by atoms with Crippen LogP contribution in [0, 0.1) is 5.92 Å². The highest BCUT2D eigenvalue weighted by Crippen LogP contribution is 2.37. The number of Topliss-reactive ketones (excluding diaryl/α,β-unsaturated/α-hetero) is 1. The molecule has 2 unspecified atom stereocenters. The molecule has 0 N–H and O–H groups in total. The summed E-state index contributed by atoms with van der Waals surface area (Å²) in [7, 11) is 3.26. The van der Waals surface area contributed by atoms with Gasteiger partial charge in [0.1, 0.15) is 11.4 Å². The lowest BCUT2D eigenvalue weighted by molar-refractivity contribution is -0.0302. The van der Waals surface area contributed by atoms with Crippen molar-refractivity contribution in [3.63, 3.8) is 0 Å². The molecule has 0 bridgehead atoms. The van der Waals surface area contributed by atoms with Crippen molar-refractivity contribution in [2.24, 2.45) is 5.92 Å². The summed E-state index contributed by atoms with van der Waals surface area (Å²) in [6.45, 7) is 2.19. The SMILES string of the molecule is COc1cccc(C(=O)C2(OC)CCCC(C)C2)c1. The highest BCUT2D eigenvalue weighted by Gasteiger charge is 2.42. The van der Waals surface area contributed by atoms with Gasteiger partial charge in [-0.15, -0.1) is 0 Å². The lowest BCUT2D eigenvalue weighted by Crippen LogP contribution is -2.44. The maximum absolute atomic E-state index is 12.8. The third-order valence-electron chi connectivity index (χ3n) is 4.09. The molecule has 0 aromatic heterocycles. The first-order chi connectivity index (χ1) is 9.11. The van der Waals surface area contributed by atoms with Crippen LogP contribution in [0.2, 0.25) is 0 Å². The fourth-order valence-electron chi connectivity index (χ4n) is 3.01. The molecule has 3 nitrogen and oxygen atoms in total. The van der Waals surface area contributed by atoms with E-state index < -0.39 is 5.60 Å². The number of ketones is 1. The van der Waals surface area contributed by atoms with Gasteiger partial charge in [0.05, 0.1) is 7.11 Å². The molecule has 1 aromatic rings. The van der Waals surface area contributed by atoms with Crippen LogP contribution in [0.15, 0.2) is 24.3 Å². The summed E-state index contributed by atoms with van der Waals surface area (Å²) in [5, 5.41) is 0. The topological polar surface area (TPSA) is 35.5 Å². The molecule has 3 heteroatoms. The van der Waals surface area contributed by atoms with Gasteiger partial charge in [-0.05, 0) is 37.3 Å². The first-order valence-corrected chi connectivity index (χ1v) is 6.85. The fourth-order valence-corrected chi connectivity index (χ4v) is 3.01. The van der Waals surface area contributed by atoms with Crippen molar-refractivity contribution in [3.05, 3.63) is 29.8 Å². The lowest BCUT2D eigenvalue weighted by Gasteiger charge is -2.37. The molecule has 1 aliphatic rings. The lowest BCUT2D eigenvalue weighted by atomic mass is 9.75. The fraction of sp³-hybridized carbons (Fsp3) is 0.562. The normalized spacial score (nSPS) is 27.0. The van der Waals surface area contributed by atoms with Gasteiger partial charge in [-0.3, -0.25) is 4.79 Å². The van der Waals surface area contributed by atoms with Crippen LogP contribution in [-0.4, -0.2) is 25.6 Å². The predicted molar refractivity (Wildman–Crippen MR) is 74.7 cm³/mol. The van der Waals surface area contributed by atoms with Crippen LogP contribution >= 0.6 is 0 Å². The van der Waals surface area contributed by atoms with Crippen LogP contribution in [0.5, 0.6) is 5.75 Å². The molecule has 2 atom stereocenters. The Morgan fingerprint density at radius 1 is 1.37 bits per heavy atom. The summed E-state index contributed by atoms with van der Waals surface area (Å²) >= 11 is 0. The van der Waals surface area contributed by atoms with E-state index in [2.05, 4.69) is 6.92 Å². The molecule has 1 aromatic carbocycles. The molecule has 0 radical (unpaired) electrons. The van der Waals surface area contributed by atoms with Gasteiger partial charge in [0, 0.05) is 12.7 Å². The molecule has 1 fully saturated rings. The minimum atomic E-state index is -0.649. The molecule has 1 saturated carbocycles. The van der Waals surface area contributed by atoms with E-state index >= 15 is 0 Å². The van der Waals surface area contributed by atoms with Crippen LogP contribution in [-0.2, 0) is 4.74 Å². The average molecular weight is 262 g/mol. The number of ether oxygens (including phenoxy) is 2. The largest absolute Gasteiger partial charge is 0.497 e. The summed E-state index contributed by atoms with van der Waals surface area (Å²) in [5.41, 5.74) is 0.0274. The second-order valence-corrected chi connectivity index (χ2v) is 5.46. The Morgan fingerprint density at radius 2 is 2.16 bits per heavy atom. The van der Waals surface area contributed by atoms with Gasteiger partial charge >= 0.3 is 0 Å². The van der Waals surface area contributed by atoms with Crippen molar-refractivity contribution >= 4 is 5.78 Å². The third-order valence-corrected chi connectivity index (χ3v) is 4.09. The average Bonchev–Trinajstić information content (AvgIpc) is 2.46. The summed E-state index contributed by atoms with van der Waals surface area (Å²) in [6, 6.07) is 7.33. The Morgan fingerprint density at radius 3 is 2.79 bits per heavy atom. The number of carbonyl (C=O) groups is 1. The Kier molecular flexibility index (Phi) is 4.25. The first-order valence-electron chi connectivity index (χ1n) is 6.85. The molecular formula is C16H22O3. The number of methoxy groups -OCH3 is 2.